The van der Waals surface area contributed by atoms with Crippen molar-refractivity contribution in [3.63, 3.8) is 0 Å². The average molecular weight is 639 g/mol. The van der Waals surface area contributed by atoms with Gasteiger partial charge in [0.05, 0.1) is 12.1 Å². The van der Waals surface area contributed by atoms with Gasteiger partial charge in [-0.3, -0.25) is 19.3 Å². The number of esters is 1. The largest absolute Gasteiger partial charge is 0.456 e. The minimum absolute atomic E-state index is 0.00511. The summed E-state index contributed by atoms with van der Waals surface area (Å²) in [5.41, 5.74) is 1.41. The van der Waals surface area contributed by atoms with E-state index < -0.39 is 12.1 Å². The van der Waals surface area contributed by atoms with Gasteiger partial charge in [0.1, 0.15) is 18.2 Å². The Morgan fingerprint density at radius 2 is 1.59 bits per heavy atom. The molecule has 0 radical (unpaired) electrons. The van der Waals surface area contributed by atoms with Crippen molar-refractivity contribution in [2.45, 2.75) is 130 Å². The lowest BCUT2D eigenvalue weighted by atomic mass is 9.95. The van der Waals surface area contributed by atoms with Gasteiger partial charge in [-0.1, -0.05) is 77.4 Å². The molecular formula is C37H58N4O5. The Morgan fingerprint density at radius 1 is 0.935 bits per heavy atom. The molecule has 5 atom stereocenters. The number of nitrogens with zero attached hydrogens (tertiary/aromatic N) is 3. The summed E-state index contributed by atoms with van der Waals surface area (Å²) in [6, 6.07) is 7.96. The second-order valence-electron chi connectivity index (χ2n) is 14.0. The summed E-state index contributed by atoms with van der Waals surface area (Å²) in [7, 11) is 1.74. The maximum atomic E-state index is 14.0. The highest BCUT2D eigenvalue weighted by Crippen LogP contribution is 2.27. The summed E-state index contributed by atoms with van der Waals surface area (Å²) < 4.78 is 5.92. The molecule has 0 aliphatic carbocycles. The highest BCUT2D eigenvalue weighted by atomic mass is 16.5. The second-order valence-corrected chi connectivity index (χ2v) is 14.0. The number of hydrogen-bond acceptors (Lipinski definition) is 6. The number of likely N-dealkylation sites (N-methyl/N-ethyl adjacent to an activating group) is 1. The van der Waals surface area contributed by atoms with Gasteiger partial charge in [-0.2, -0.15) is 0 Å². The molecule has 256 valence electrons. The zero-order chi connectivity index (χ0) is 34.1. The quantitative estimate of drug-likeness (QED) is 0.226. The number of ether oxygens (including phenoxy) is 1. The van der Waals surface area contributed by atoms with Gasteiger partial charge in [-0.25, -0.2) is 4.79 Å². The lowest BCUT2D eigenvalue weighted by molar-refractivity contribution is -0.157. The van der Waals surface area contributed by atoms with Gasteiger partial charge in [0, 0.05) is 25.2 Å². The SMILES string of the molecule is CCC(OC(=O)C1CCCN1C(=O)/C(C)=C/C(C(C)C)N(C)C(=O)C(NC(=O)[C@H]1CCCCN1C(C)C)C(C)C)c1ccccc1. The summed E-state index contributed by atoms with van der Waals surface area (Å²) in [5, 5.41) is 3.10. The maximum Gasteiger partial charge on any atom is 0.329 e. The summed E-state index contributed by atoms with van der Waals surface area (Å²) in [4.78, 5) is 60.1. The number of rotatable bonds is 13. The average Bonchev–Trinajstić information content (AvgIpc) is 3.54. The zero-order valence-electron chi connectivity index (χ0n) is 29.6. The van der Waals surface area contributed by atoms with Crippen LogP contribution in [-0.4, -0.2) is 88.7 Å². The molecule has 1 aromatic carbocycles. The Kier molecular flexibility index (Phi) is 13.8. The van der Waals surface area contributed by atoms with Crippen LogP contribution < -0.4 is 5.32 Å². The third-order valence-corrected chi connectivity index (χ3v) is 9.56. The third-order valence-electron chi connectivity index (χ3n) is 9.56. The minimum Gasteiger partial charge on any atom is -0.456 e. The molecule has 46 heavy (non-hydrogen) atoms. The van der Waals surface area contributed by atoms with Crippen molar-refractivity contribution in [3.05, 3.63) is 47.5 Å². The van der Waals surface area contributed by atoms with Crippen LogP contribution in [0.4, 0.5) is 0 Å². The van der Waals surface area contributed by atoms with E-state index in [4.69, 9.17) is 4.74 Å². The van der Waals surface area contributed by atoms with Crippen LogP contribution in [0.3, 0.4) is 0 Å². The molecule has 0 aromatic heterocycles. The van der Waals surface area contributed by atoms with Crippen molar-refractivity contribution in [1.82, 2.24) is 20.0 Å². The van der Waals surface area contributed by atoms with Crippen LogP contribution in [0, 0.1) is 11.8 Å². The normalized spacial score (nSPS) is 21.3. The Bertz CT molecular complexity index is 1210. The Labute approximate surface area is 277 Å². The molecule has 1 aromatic rings. The molecular weight excluding hydrogens is 580 g/mol. The van der Waals surface area contributed by atoms with Crippen LogP contribution in [0.25, 0.3) is 0 Å². The first-order valence-corrected chi connectivity index (χ1v) is 17.4. The Morgan fingerprint density at radius 3 is 2.17 bits per heavy atom. The number of hydrogen-bond donors (Lipinski definition) is 1. The molecule has 0 spiro atoms. The molecule has 0 bridgehead atoms. The first-order valence-electron chi connectivity index (χ1n) is 17.4. The van der Waals surface area contributed by atoms with Crippen LogP contribution in [0.2, 0.25) is 0 Å². The van der Waals surface area contributed by atoms with Gasteiger partial charge in [-0.05, 0) is 76.8 Å². The molecule has 9 heteroatoms. The monoisotopic (exact) mass is 638 g/mol. The fourth-order valence-electron chi connectivity index (χ4n) is 6.82. The van der Waals surface area contributed by atoms with Crippen molar-refractivity contribution in [2.75, 3.05) is 20.1 Å². The molecule has 9 nitrogen and oxygen atoms in total. The number of likely N-dealkylation sites (tertiary alicyclic amines) is 2. The van der Waals surface area contributed by atoms with Gasteiger partial charge in [0.2, 0.25) is 17.7 Å². The number of carbonyl (C=O) groups is 4. The van der Waals surface area contributed by atoms with Crippen LogP contribution in [0.5, 0.6) is 0 Å². The van der Waals surface area contributed by atoms with Crippen molar-refractivity contribution in [1.29, 1.82) is 0 Å². The fraction of sp³-hybridized carbons (Fsp3) is 0.676. The molecule has 2 heterocycles. The van der Waals surface area contributed by atoms with E-state index >= 15 is 0 Å². The summed E-state index contributed by atoms with van der Waals surface area (Å²) in [6.07, 6.45) is 6.24. The van der Waals surface area contributed by atoms with Crippen LogP contribution in [-0.2, 0) is 23.9 Å². The lowest BCUT2D eigenvalue weighted by Crippen LogP contribution is -2.58. The van der Waals surface area contributed by atoms with E-state index in [1.165, 1.54) is 0 Å². The number of nitrogens with one attached hydrogen (secondary N) is 1. The minimum atomic E-state index is -0.687. The van der Waals surface area contributed by atoms with Gasteiger partial charge in [0.25, 0.3) is 0 Å². The van der Waals surface area contributed by atoms with E-state index in [1.54, 1.807) is 23.8 Å². The van der Waals surface area contributed by atoms with E-state index in [-0.39, 0.29) is 59.8 Å². The van der Waals surface area contributed by atoms with Gasteiger partial charge < -0.3 is 19.9 Å². The zero-order valence-corrected chi connectivity index (χ0v) is 29.6. The lowest BCUT2D eigenvalue weighted by Gasteiger charge is -2.39. The Balaban J connectivity index is 1.74. The van der Waals surface area contributed by atoms with E-state index in [0.717, 1.165) is 37.8 Å². The van der Waals surface area contributed by atoms with Crippen molar-refractivity contribution < 1.29 is 23.9 Å². The predicted octanol–water partition coefficient (Wildman–Crippen LogP) is 5.50. The highest BCUT2D eigenvalue weighted by Gasteiger charge is 2.38. The van der Waals surface area contributed by atoms with E-state index in [2.05, 4.69) is 24.1 Å². The van der Waals surface area contributed by atoms with E-state index in [0.29, 0.717) is 25.0 Å². The summed E-state index contributed by atoms with van der Waals surface area (Å²) in [6.45, 7) is 17.2. The first kappa shape index (κ1) is 37.3. The van der Waals surface area contributed by atoms with Crippen LogP contribution in [0.15, 0.2) is 42.0 Å². The van der Waals surface area contributed by atoms with Crippen LogP contribution in [0.1, 0.15) is 106 Å². The van der Waals surface area contributed by atoms with E-state index in [9.17, 15) is 19.2 Å². The molecule has 1 N–H and O–H groups in total. The number of amides is 3. The molecule has 2 fully saturated rings. The fourth-order valence-corrected chi connectivity index (χ4v) is 6.82. The van der Waals surface area contributed by atoms with E-state index in [1.807, 2.05) is 71.0 Å². The predicted molar refractivity (Wildman–Crippen MR) is 182 cm³/mol. The van der Waals surface area contributed by atoms with Gasteiger partial charge in [0.15, 0.2) is 0 Å². The number of benzene rings is 1. The smallest absolute Gasteiger partial charge is 0.329 e. The van der Waals surface area contributed by atoms with Gasteiger partial charge >= 0.3 is 5.97 Å². The first-order chi connectivity index (χ1) is 21.8. The molecule has 2 aliphatic heterocycles. The molecule has 0 saturated carbocycles. The maximum absolute atomic E-state index is 14.0. The van der Waals surface area contributed by atoms with Crippen LogP contribution >= 0.6 is 0 Å². The standard InChI is InChI=1S/C37H58N4O5/c1-10-32(28-17-12-11-13-18-28)46-37(45)30-20-16-22-41(30)35(43)27(8)23-31(24(2)3)39(9)36(44)33(25(4)5)38-34(42)29-19-14-15-21-40(29)26(6)7/h11-13,17-18,23-26,29-33H,10,14-16,19-22H2,1-9H3,(H,38,42)/b27-23+/t29-,30?,31?,32?,33?/m1/s1. The second kappa shape index (κ2) is 17.1. The molecule has 3 amide bonds. The van der Waals surface area contributed by atoms with Crippen molar-refractivity contribution in [3.8, 4) is 0 Å². The van der Waals surface area contributed by atoms with Gasteiger partial charge in [-0.15, -0.1) is 0 Å². The summed E-state index contributed by atoms with van der Waals surface area (Å²) in [5.74, 6) is -0.995. The van der Waals surface area contributed by atoms with Crippen molar-refractivity contribution >= 4 is 23.7 Å². The highest BCUT2D eigenvalue weighted by molar-refractivity contribution is 5.96. The molecule has 2 saturated heterocycles. The number of piperidine rings is 1. The molecule has 2 aliphatic rings. The molecule has 3 rings (SSSR count). The topological polar surface area (TPSA) is 99.3 Å². The third kappa shape index (κ3) is 9.20. The van der Waals surface area contributed by atoms with Crippen molar-refractivity contribution in [2.24, 2.45) is 11.8 Å². The summed E-state index contributed by atoms with van der Waals surface area (Å²) >= 11 is 0. The number of carbonyl (C=O) groups excluding carboxylic acids is 4. The molecule has 4 unspecified atom stereocenters. The Hall–Kier alpha value is -3.20.